The molecule has 3 aromatic rings. The number of amides is 1. The van der Waals surface area contributed by atoms with Crippen LogP contribution in [0.1, 0.15) is 0 Å². The first-order valence-corrected chi connectivity index (χ1v) is 10.7. The van der Waals surface area contributed by atoms with E-state index in [-0.39, 0.29) is 5.91 Å². The first-order valence-electron chi connectivity index (χ1n) is 8.86. The van der Waals surface area contributed by atoms with Gasteiger partial charge in [-0.05, 0) is 30.6 Å². The molecule has 1 amide bonds. The number of likely N-dealkylation sites (N-methyl/N-ethyl adjacent to an activating group) is 1. The Morgan fingerprint density at radius 3 is 2.56 bits per heavy atom. The standard InChI is InChI=1S/C19H21N5OS2/c1-22-9-11-23(12-10-22)17(25)14-27-19-21-20-18(16-8-5-13-26-16)24(19)15-6-3-2-4-7-15/h2-8,13H,9-12,14H2,1H3. The minimum atomic E-state index is 0.161. The van der Waals surface area contributed by atoms with Crippen molar-refractivity contribution in [1.82, 2.24) is 24.6 Å². The number of hydrogen-bond donors (Lipinski definition) is 0. The first-order chi connectivity index (χ1) is 13.2. The summed E-state index contributed by atoms with van der Waals surface area (Å²) in [5.74, 6) is 1.35. The highest BCUT2D eigenvalue weighted by Gasteiger charge is 2.21. The van der Waals surface area contributed by atoms with Crippen LogP contribution < -0.4 is 0 Å². The van der Waals surface area contributed by atoms with Gasteiger partial charge in [0, 0.05) is 31.9 Å². The normalized spacial score (nSPS) is 15.2. The van der Waals surface area contributed by atoms with Gasteiger partial charge in [-0.2, -0.15) is 0 Å². The summed E-state index contributed by atoms with van der Waals surface area (Å²) < 4.78 is 2.04. The predicted octanol–water partition coefficient (Wildman–Crippen LogP) is 2.86. The van der Waals surface area contributed by atoms with Gasteiger partial charge < -0.3 is 9.80 Å². The first kappa shape index (κ1) is 18.2. The van der Waals surface area contributed by atoms with Gasteiger partial charge in [0.25, 0.3) is 0 Å². The number of carbonyl (C=O) groups excluding carboxylic acids is 1. The summed E-state index contributed by atoms with van der Waals surface area (Å²) in [6, 6.07) is 14.1. The van der Waals surface area contributed by atoms with Crippen molar-refractivity contribution in [3.63, 3.8) is 0 Å². The maximum absolute atomic E-state index is 12.6. The lowest BCUT2D eigenvalue weighted by Gasteiger charge is -2.32. The molecule has 0 N–H and O–H groups in total. The number of thiophene rings is 1. The Morgan fingerprint density at radius 2 is 1.85 bits per heavy atom. The van der Waals surface area contributed by atoms with Crippen molar-refractivity contribution >= 4 is 29.0 Å². The number of piperazine rings is 1. The Labute approximate surface area is 166 Å². The summed E-state index contributed by atoms with van der Waals surface area (Å²) in [5.41, 5.74) is 1.00. The second-order valence-electron chi connectivity index (χ2n) is 6.43. The maximum atomic E-state index is 12.6. The molecule has 1 saturated heterocycles. The van der Waals surface area contributed by atoms with Crippen molar-refractivity contribution in [3.8, 4) is 16.4 Å². The van der Waals surface area contributed by atoms with Crippen molar-refractivity contribution in [2.24, 2.45) is 0 Å². The van der Waals surface area contributed by atoms with Crippen LogP contribution in [0.25, 0.3) is 16.4 Å². The van der Waals surface area contributed by atoms with Crippen LogP contribution in [0.3, 0.4) is 0 Å². The van der Waals surface area contributed by atoms with Crippen molar-refractivity contribution in [2.75, 3.05) is 39.0 Å². The van der Waals surface area contributed by atoms with Crippen molar-refractivity contribution < 1.29 is 4.79 Å². The fourth-order valence-electron chi connectivity index (χ4n) is 3.01. The van der Waals surface area contributed by atoms with Gasteiger partial charge in [0.05, 0.1) is 10.6 Å². The van der Waals surface area contributed by atoms with E-state index < -0.39 is 0 Å². The lowest BCUT2D eigenvalue weighted by atomic mass is 10.3. The number of carbonyl (C=O) groups is 1. The van der Waals surface area contributed by atoms with E-state index in [2.05, 4.69) is 22.1 Å². The topological polar surface area (TPSA) is 54.3 Å². The molecule has 0 aliphatic carbocycles. The van der Waals surface area contributed by atoms with E-state index in [0.29, 0.717) is 5.75 Å². The van der Waals surface area contributed by atoms with Crippen molar-refractivity contribution in [1.29, 1.82) is 0 Å². The molecular weight excluding hydrogens is 378 g/mol. The van der Waals surface area contributed by atoms with Gasteiger partial charge >= 0.3 is 0 Å². The van der Waals surface area contributed by atoms with Crippen LogP contribution in [0, 0.1) is 0 Å². The molecule has 8 heteroatoms. The summed E-state index contributed by atoms with van der Waals surface area (Å²) in [6.07, 6.45) is 0. The summed E-state index contributed by atoms with van der Waals surface area (Å²) in [5, 5.41) is 11.6. The SMILES string of the molecule is CN1CCN(C(=O)CSc2nnc(-c3cccs3)n2-c2ccccc2)CC1. The average Bonchev–Trinajstić information content (AvgIpc) is 3.37. The smallest absolute Gasteiger partial charge is 0.233 e. The summed E-state index contributed by atoms with van der Waals surface area (Å²) in [6.45, 7) is 3.45. The van der Waals surface area contributed by atoms with Gasteiger partial charge in [0.1, 0.15) is 0 Å². The Morgan fingerprint density at radius 1 is 1.07 bits per heavy atom. The summed E-state index contributed by atoms with van der Waals surface area (Å²) in [4.78, 5) is 17.8. The molecule has 2 aromatic heterocycles. The molecule has 1 aromatic carbocycles. The molecule has 6 nitrogen and oxygen atoms in total. The van der Waals surface area contributed by atoms with Crippen LogP contribution in [0.15, 0.2) is 53.0 Å². The summed E-state index contributed by atoms with van der Waals surface area (Å²) in [7, 11) is 2.09. The lowest BCUT2D eigenvalue weighted by molar-refractivity contribution is -0.129. The molecule has 27 heavy (non-hydrogen) atoms. The molecule has 0 atom stereocenters. The number of para-hydroxylation sites is 1. The van der Waals surface area contributed by atoms with E-state index in [0.717, 1.165) is 47.7 Å². The average molecular weight is 400 g/mol. The van der Waals surface area contributed by atoms with Crippen LogP contribution in [-0.4, -0.2) is 69.5 Å². The van der Waals surface area contributed by atoms with Crippen molar-refractivity contribution in [3.05, 3.63) is 47.8 Å². The maximum Gasteiger partial charge on any atom is 0.233 e. The van der Waals surface area contributed by atoms with Crippen LogP contribution in [0.4, 0.5) is 0 Å². The molecule has 1 fully saturated rings. The minimum Gasteiger partial charge on any atom is -0.339 e. The number of rotatable bonds is 5. The van der Waals surface area contributed by atoms with Gasteiger partial charge in [-0.3, -0.25) is 9.36 Å². The Balaban J connectivity index is 1.55. The van der Waals surface area contributed by atoms with E-state index in [9.17, 15) is 4.79 Å². The van der Waals surface area contributed by atoms with Crippen LogP contribution in [0.5, 0.6) is 0 Å². The van der Waals surface area contributed by atoms with E-state index >= 15 is 0 Å². The van der Waals surface area contributed by atoms with Gasteiger partial charge in [-0.1, -0.05) is 36.0 Å². The van der Waals surface area contributed by atoms with E-state index in [1.165, 1.54) is 11.8 Å². The van der Waals surface area contributed by atoms with Crippen LogP contribution in [0.2, 0.25) is 0 Å². The molecule has 0 unspecified atom stereocenters. The Bertz CT molecular complexity index is 886. The zero-order chi connectivity index (χ0) is 18.6. The molecular formula is C19H21N5OS2. The van der Waals surface area contributed by atoms with Gasteiger partial charge in [-0.15, -0.1) is 21.5 Å². The summed E-state index contributed by atoms with van der Waals surface area (Å²) >= 11 is 3.08. The van der Waals surface area contributed by atoms with E-state index in [1.807, 2.05) is 57.3 Å². The largest absolute Gasteiger partial charge is 0.339 e. The highest BCUT2D eigenvalue weighted by Crippen LogP contribution is 2.30. The van der Waals surface area contributed by atoms with Crippen LogP contribution in [-0.2, 0) is 4.79 Å². The Hall–Kier alpha value is -2.16. The number of hydrogen-bond acceptors (Lipinski definition) is 6. The molecule has 3 heterocycles. The van der Waals surface area contributed by atoms with Crippen molar-refractivity contribution in [2.45, 2.75) is 5.16 Å². The molecule has 0 saturated carbocycles. The number of thioether (sulfide) groups is 1. The fraction of sp³-hybridized carbons (Fsp3) is 0.316. The Kier molecular flexibility index (Phi) is 5.56. The number of nitrogens with zero attached hydrogens (tertiary/aromatic N) is 5. The van der Waals surface area contributed by atoms with Crippen LogP contribution >= 0.6 is 23.1 Å². The second kappa shape index (κ2) is 8.24. The molecule has 1 aliphatic rings. The predicted molar refractivity (Wildman–Crippen MR) is 109 cm³/mol. The highest BCUT2D eigenvalue weighted by molar-refractivity contribution is 7.99. The molecule has 0 spiro atoms. The zero-order valence-corrected chi connectivity index (χ0v) is 16.7. The number of aromatic nitrogens is 3. The zero-order valence-electron chi connectivity index (χ0n) is 15.1. The van der Waals surface area contributed by atoms with Gasteiger partial charge in [-0.25, -0.2) is 0 Å². The van der Waals surface area contributed by atoms with Gasteiger partial charge in [0.15, 0.2) is 11.0 Å². The molecule has 0 radical (unpaired) electrons. The molecule has 0 bridgehead atoms. The monoisotopic (exact) mass is 399 g/mol. The van der Waals surface area contributed by atoms with E-state index in [4.69, 9.17) is 0 Å². The fourth-order valence-corrected chi connectivity index (χ4v) is 4.57. The molecule has 140 valence electrons. The van der Waals surface area contributed by atoms with E-state index in [1.54, 1.807) is 11.3 Å². The molecule has 1 aliphatic heterocycles. The molecule has 4 rings (SSSR count). The van der Waals surface area contributed by atoms with Gasteiger partial charge in [0.2, 0.25) is 5.91 Å². The quantitative estimate of drug-likeness (QED) is 0.618. The third-order valence-corrected chi connectivity index (χ3v) is 6.35. The third kappa shape index (κ3) is 4.07. The second-order valence-corrected chi connectivity index (χ2v) is 8.32. The third-order valence-electron chi connectivity index (χ3n) is 4.57. The lowest BCUT2D eigenvalue weighted by Crippen LogP contribution is -2.47. The minimum absolute atomic E-state index is 0.161. The number of benzene rings is 1. The highest BCUT2D eigenvalue weighted by atomic mass is 32.2.